The number of nitrogens with zero attached hydrogens (tertiary/aromatic N) is 5. The van der Waals surface area contributed by atoms with E-state index >= 15 is 0 Å². The highest BCUT2D eigenvalue weighted by molar-refractivity contribution is 5.95. The van der Waals surface area contributed by atoms with Crippen molar-refractivity contribution in [3.8, 4) is 11.8 Å². The number of likely N-dealkylation sites (tertiary alicyclic amines) is 1. The summed E-state index contributed by atoms with van der Waals surface area (Å²) in [6.45, 7) is 2.84. The van der Waals surface area contributed by atoms with Crippen LogP contribution in [0.2, 0.25) is 0 Å². The molecule has 4 aromatic rings. The molecule has 0 unspecified atom stereocenters. The quantitative estimate of drug-likeness (QED) is 0.289. The molecule has 3 aromatic carbocycles. The Kier molecular flexibility index (Phi) is 7.78. The number of benzene rings is 3. The van der Waals surface area contributed by atoms with E-state index in [0.29, 0.717) is 24.5 Å². The first-order valence-corrected chi connectivity index (χ1v) is 13.9. The molecule has 214 valence electrons. The van der Waals surface area contributed by atoms with Gasteiger partial charge in [-0.05, 0) is 66.9 Å². The van der Waals surface area contributed by atoms with Gasteiger partial charge >= 0.3 is 18.0 Å². The van der Waals surface area contributed by atoms with Crippen LogP contribution >= 0.6 is 0 Å². The van der Waals surface area contributed by atoms with Crippen LogP contribution < -0.4 is 9.64 Å². The number of piperidine rings is 1. The number of urea groups is 1. The first kappa shape index (κ1) is 27.3. The standard InChI is InChI=1S/C32H30FN5O4/c33-25-8-10-26(11-9-25)37-21-29(23-4-2-1-3-5-23)38(32(37)41)27-14-16-36(17-15-27)20-22-18-34-31(35-19-22)42-28-12-6-24(7-13-28)30(39)40/h1-13,18-19,27,29H,14-17,20-21H2,(H,39,40)/t29-/m0/s1. The lowest BCUT2D eigenvalue weighted by Crippen LogP contribution is -2.47. The van der Waals surface area contributed by atoms with E-state index in [1.807, 2.05) is 23.1 Å². The van der Waals surface area contributed by atoms with Crippen LogP contribution in [0.4, 0.5) is 14.9 Å². The van der Waals surface area contributed by atoms with Gasteiger partial charge in [0, 0.05) is 49.3 Å². The summed E-state index contributed by atoms with van der Waals surface area (Å²) in [7, 11) is 0. The van der Waals surface area contributed by atoms with Crippen LogP contribution in [-0.2, 0) is 6.54 Å². The number of carboxylic acids is 1. The minimum atomic E-state index is -0.999. The molecule has 6 rings (SSSR count). The predicted octanol–water partition coefficient (Wildman–Crippen LogP) is 5.75. The second-order valence-corrected chi connectivity index (χ2v) is 10.5. The number of carbonyl (C=O) groups is 2. The number of rotatable bonds is 8. The van der Waals surface area contributed by atoms with E-state index < -0.39 is 5.97 Å². The topological polar surface area (TPSA) is 99.1 Å². The zero-order chi connectivity index (χ0) is 29.1. The Balaban J connectivity index is 1.08. The van der Waals surface area contributed by atoms with Crippen molar-refractivity contribution in [2.45, 2.75) is 31.5 Å². The summed E-state index contributed by atoms with van der Waals surface area (Å²) in [4.78, 5) is 39.5. The second-order valence-electron chi connectivity index (χ2n) is 10.5. The van der Waals surface area contributed by atoms with Crippen molar-refractivity contribution in [1.29, 1.82) is 0 Å². The fourth-order valence-electron chi connectivity index (χ4n) is 5.66. The maximum absolute atomic E-state index is 13.7. The van der Waals surface area contributed by atoms with E-state index in [1.54, 1.807) is 41.6 Å². The smallest absolute Gasteiger partial charge is 0.335 e. The summed E-state index contributed by atoms with van der Waals surface area (Å²) in [6.07, 6.45) is 5.13. The van der Waals surface area contributed by atoms with Crippen LogP contribution in [-0.4, -0.2) is 62.6 Å². The lowest BCUT2D eigenvalue weighted by atomic mass is 9.99. The largest absolute Gasteiger partial charge is 0.478 e. The molecule has 0 saturated carbocycles. The van der Waals surface area contributed by atoms with Crippen LogP contribution in [0, 0.1) is 5.82 Å². The molecule has 10 heteroatoms. The maximum atomic E-state index is 13.7. The average molecular weight is 568 g/mol. The Bertz CT molecular complexity index is 1530. The van der Waals surface area contributed by atoms with Gasteiger partial charge in [0.05, 0.1) is 18.2 Å². The molecule has 1 atom stereocenters. The highest BCUT2D eigenvalue weighted by Crippen LogP contribution is 2.37. The third kappa shape index (κ3) is 5.94. The van der Waals surface area contributed by atoms with Gasteiger partial charge in [-0.2, -0.15) is 0 Å². The monoisotopic (exact) mass is 567 g/mol. The summed E-state index contributed by atoms with van der Waals surface area (Å²) in [5.41, 5.74) is 2.92. The van der Waals surface area contributed by atoms with Gasteiger partial charge < -0.3 is 14.7 Å². The maximum Gasteiger partial charge on any atom is 0.335 e. The van der Waals surface area contributed by atoms with Gasteiger partial charge in [0.15, 0.2) is 0 Å². The van der Waals surface area contributed by atoms with E-state index in [2.05, 4.69) is 27.0 Å². The molecule has 0 radical (unpaired) electrons. The number of hydrogen-bond donors (Lipinski definition) is 1. The third-order valence-electron chi connectivity index (χ3n) is 7.81. The number of carbonyl (C=O) groups excluding carboxylic acids is 1. The molecule has 2 amide bonds. The van der Waals surface area contributed by atoms with Crippen molar-refractivity contribution in [2.24, 2.45) is 0 Å². The van der Waals surface area contributed by atoms with E-state index in [9.17, 15) is 14.0 Å². The molecule has 0 aliphatic carbocycles. The summed E-state index contributed by atoms with van der Waals surface area (Å²) >= 11 is 0. The molecule has 42 heavy (non-hydrogen) atoms. The van der Waals surface area contributed by atoms with Crippen molar-refractivity contribution < 1.29 is 23.8 Å². The van der Waals surface area contributed by atoms with Crippen LogP contribution in [0.5, 0.6) is 11.8 Å². The zero-order valence-corrected chi connectivity index (χ0v) is 22.8. The van der Waals surface area contributed by atoms with Crippen molar-refractivity contribution in [1.82, 2.24) is 19.8 Å². The van der Waals surface area contributed by atoms with Crippen LogP contribution in [0.15, 0.2) is 91.3 Å². The number of hydrogen-bond acceptors (Lipinski definition) is 6. The Morgan fingerprint density at radius 2 is 1.60 bits per heavy atom. The molecule has 0 spiro atoms. The molecule has 3 heterocycles. The third-order valence-corrected chi connectivity index (χ3v) is 7.81. The van der Waals surface area contributed by atoms with Crippen molar-refractivity contribution >= 4 is 17.7 Å². The van der Waals surface area contributed by atoms with Gasteiger partial charge in [-0.1, -0.05) is 30.3 Å². The number of aromatic nitrogens is 2. The molecule has 2 aliphatic heterocycles. The minimum Gasteiger partial charge on any atom is -0.478 e. The molecule has 1 aromatic heterocycles. The molecule has 9 nitrogen and oxygen atoms in total. The summed E-state index contributed by atoms with van der Waals surface area (Å²) in [6, 6.07) is 22.4. The van der Waals surface area contributed by atoms with Gasteiger partial charge in [-0.3, -0.25) is 9.80 Å². The molecular formula is C32H30FN5O4. The summed E-state index contributed by atoms with van der Waals surface area (Å²) in [5.74, 6) is -0.867. The average Bonchev–Trinajstić information content (AvgIpc) is 3.36. The number of ether oxygens (including phenoxy) is 1. The van der Waals surface area contributed by atoms with Crippen LogP contribution in [0.3, 0.4) is 0 Å². The van der Waals surface area contributed by atoms with E-state index in [4.69, 9.17) is 9.84 Å². The van der Waals surface area contributed by atoms with E-state index in [1.165, 1.54) is 24.3 Å². The summed E-state index contributed by atoms with van der Waals surface area (Å²) in [5, 5.41) is 9.03. The second kappa shape index (κ2) is 12.0. The van der Waals surface area contributed by atoms with Crippen LogP contribution in [0.25, 0.3) is 0 Å². The first-order valence-electron chi connectivity index (χ1n) is 13.9. The molecule has 2 aliphatic rings. The molecular weight excluding hydrogens is 537 g/mol. The van der Waals surface area contributed by atoms with Gasteiger partial charge in [0.25, 0.3) is 0 Å². The number of amides is 2. The molecule has 2 saturated heterocycles. The highest BCUT2D eigenvalue weighted by atomic mass is 19.1. The predicted molar refractivity (Wildman–Crippen MR) is 154 cm³/mol. The number of anilines is 1. The van der Waals surface area contributed by atoms with Crippen molar-refractivity contribution in [3.63, 3.8) is 0 Å². The fourth-order valence-corrected chi connectivity index (χ4v) is 5.66. The Morgan fingerprint density at radius 3 is 2.24 bits per heavy atom. The Labute approximate surface area is 242 Å². The number of halogens is 1. The van der Waals surface area contributed by atoms with Gasteiger partial charge in [-0.25, -0.2) is 23.9 Å². The first-order chi connectivity index (χ1) is 20.4. The Morgan fingerprint density at radius 1 is 0.929 bits per heavy atom. The SMILES string of the molecule is O=C(O)c1ccc(Oc2ncc(CN3CCC(N4C(=O)N(c5ccc(F)cc5)C[C@H]4c4ccccc4)CC3)cn2)cc1. The highest BCUT2D eigenvalue weighted by Gasteiger charge is 2.43. The van der Waals surface area contributed by atoms with Gasteiger partial charge in [0.2, 0.25) is 0 Å². The van der Waals surface area contributed by atoms with Gasteiger partial charge in [-0.15, -0.1) is 0 Å². The summed E-state index contributed by atoms with van der Waals surface area (Å²) < 4.78 is 19.2. The van der Waals surface area contributed by atoms with E-state index in [-0.39, 0.29) is 35.5 Å². The van der Waals surface area contributed by atoms with Crippen molar-refractivity contribution in [3.05, 3.63) is 114 Å². The zero-order valence-electron chi connectivity index (χ0n) is 22.8. The molecule has 0 bridgehead atoms. The number of carboxylic acid groups (broad SMARTS) is 1. The molecule has 1 N–H and O–H groups in total. The van der Waals surface area contributed by atoms with Gasteiger partial charge in [0.1, 0.15) is 11.6 Å². The van der Waals surface area contributed by atoms with E-state index in [0.717, 1.165) is 37.1 Å². The molecule has 2 fully saturated rings. The fraction of sp³-hybridized carbons (Fsp3) is 0.250. The lowest BCUT2D eigenvalue weighted by Gasteiger charge is -2.39. The normalized spacial score (nSPS) is 17.9. The number of aromatic carboxylic acids is 1. The Hall–Kier alpha value is -4.83. The van der Waals surface area contributed by atoms with Crippen LogP contribution in [0.1, 0.15) is 40.4 Å². The minimum absolute atomic E-state index is 0.0458. The lowest BCUT2D eigenvalue weighted by molar-refractivity contribution is 0.0696. The van der Waals surface area contributed by atoms with Crippen molar-refractivity contribution in [2.75, 3.05) is 24.5 Å².